The highest BCUT2D eigenvalue weighted by atomic mass is 16.5. The summed E-state index contributed by atoms with van der Waals surface area (Å²) < 4.78 is 5.87. The van der Waals surface area contributed by atoms with Crippen LogP contribution in [0.25, 0.3) is 0 Å². The fraction of sp³-hybridized carbons (Fsp3) is 0.294. The average Bonchev–Trinajstić information content (AvgIpc) is 2.97. The number of phenolic OH excluding ortho intramolecular Hbond substituents is 4. The lowest BCUT2D eigenvalue weighted by Gasteiger charge is -2.40. The third-order valence-corrected chi connectivity index (χ3v) is 4.81. The third-order valence-electron chi connectivity index (χ3n) is 4.81. The van der Waals surface area contributed by atoms with Gasteiger partial charge in [0, 0.05) is 5.56 Å². The molecule has 0 aromatic heterocycles. The van der Waals surface area contributed by atoms with Crippen molar-refractivity contribution >= 4 is 0 Å². The Balaban J connectivity index is 1.98. The van der Waals surface area contributed by atoms with E-state index in [2.05, 4.69) is 0 Å². The van der Waals surface area contributed by atoms with E-state index in [1.54, 1.807) is 0 Å². The van der Waals surface area contributed by atoms with Gasteiger partial charge in [-0.1, -0.05) is 6.07 Å². The fourth-order valence-corrected chi connectivity index (χ4v) is 3.64. The van der Waals surface area contributed by atoms with Gasteiger partial charge in [-0.05, 0) is 48.2 Å². The van der Waals surface area contributed by atoms with E-state index in [-0.39, 0.29) is 29.1 Å². The van der Waals surface area contributed by atoms with E-state index in [4.69, 9.17) is 4.74 Å². The van der Waals surface area contributed by atoms with Crippen LogP contribution in [0.1, 0.15) is 35.6 Å². The Morgan fingerprint density at radius 2 is 1.57 bits per heavy atom. The van der Waals surface area contributed by atoms with E-state index in [9.17, 15) is 25.5 Å². The highest BCUT2D eigenvalue weighted by Gasteiger charge is 2.52. The van der Waals surface area contributed by atoms with Gasteiger partial charge in [0.25, 0.3) is 0 Å². The Bertz CT molecular complexity index is 802. The molecule has 0 spiro atoms. The van der Waals surface area contributed by atoms with Crippen LogP contribution in [-0.4, -0.2) is 31.6 Å². The molecule has 2 heterocycles. The first kappa shape index (κ1) is 14.2. The zero-order valence-corrected chi connectivity index (χ0v) is 12.1. The molecule has 0 amide bonds. The summed E-state index contributed by atoms with van der Waals surface area (Å²) in [6.07, 6.45) is 0.508. The predicted molar refractivity (Wildman–Crippen MR) is 79.4 cm³/mol. The van der Waals surface area contributed by atoms with E-state index in [1.165, 1.54) is 30.3 Å². The van der Waals surface area contributed by atoms with Crippen LogP contribution in [0, 0.1) is 0 Å². The summed E-state index contributed by atoms with van der Waals surface area (Å²) in [7, 11) is 0. The van der Waals surface area contributed by atoms with Crippen molar-refractivity contribution in [2.45, 2.75) is 30.7 Å². The van der Waals surface area contributed by atoms with E-state index >= 15 is 0 Å². The van der Waals surface area contributed by atoms with Crippen LogP contribution in [0.2, 0.25) is 0 Å². The van der Waals surface area contributed by atoms with E-state index in [0.717, 1.165) is 0 Å². The van der Waals surface area contributed by atoms with Gasteiger partial charge < -0.3 is 30.3 Å². The summed E-state index contributed by atoms with van der Waals surface area (Å²) in [6.45, 7) is 0. The van der Waals surface area contributed by atoms with Gasteiger partial charge in [-0.3, -0.25) is 0 Å². The molecule has 1 fully saturated rings. The molecule has 23 heavy (non-hydrogen) atoms. The number of aromatic hydroxyl groups is 4. The minimum Gasteiger partial charge on any atom is -0.504 e. The number of hydrogen-bond acceptors (Lipinski definition) is 6. The van der Waals surface area contributed by atoms with Gasteiger partial charge in [0.05, 0.1) is 12.2 Å². The van der Waals surface area contributed by atoms with Crippen molar-refractivity contribution in [1.29, 1.82) is 0 Å². The van der Waals surface area contributed by atoms with E-state index in [1.807, 2.05) is 0 Å². The predicted octanol–water partition coefficient (Wildman–Crippen LogP) is 1.98. The summed E-state index contributed by atoms with van der Waals surface area (Å²) >= 11 is 0. The zero-order valence-electron chi connectivity index (χ0n) is 12.1. The second-order valence-corrected chi connectivity index (χ2v) is 6.09. The van der Waals surface area contributed by atoms with Crippen molar-refractivity contribution in [3.05, 3.63) is 47.0 Å². The second-order valence-electron chi connectivity index (χ2n) is 6.09. The molecule has 3 unspecified atom stereocenters. The molecule has 120 valence electrons. The molecule has 2 aliphatic rings. The summed E-state index contributed by atoms with van der Waals surface area (Å²) in [5.41, 5.74) is -0.177. The van der Waals surface area contributed by atoms with Gasteiger partial charge in [-0.25, -0.2) is 0 Å². The van der Waals surface area contributed by atoms with Crippen LogP contribution in [0.3, 0.4) is 0 Å². The molecule has 2 aliphatic heterocycles. The average molecular weight is 316 g/mol. The number of ether oxygens (including phenoxy) is 1. The molecule has 4 rings (SSSR count). The van der Waals surface area contributed by atoms with Crippen molar-refractivity contribution in [3.8, 4) is 23.0 Å². The molecule has 0 aliphatic carbocycles. The molecular formula is C17H16O6. The van der Waals surface area contributed by atoms with Crippen molar-refractivity contribution in [1.82, 2.24) is 0 Å². The Labute approximate surface area is 131 Å². The zero-order chi connectivity index (χ0) is 16.4. The van der Waals surface area contributed by atoms with Gasteiger partial charge in [0.2, 0.25) is 0 Å². The van der Waals surface area contributed by atoms with Gasteiger partial charge in [-0.15, -0.1) is 0 Å². The number of aliphatic hydroxyl groups is 1. The molecule has 6 nitrogen and oxygen atoms in total. The van der Waals surface area contributed by atoms with Crippen LogP contribution in [0.15, 0.2) is 30.3 Å². The SMILES string of the molecule is Oc1ccc(C2(O)c3cc(O)c(O)cc3C3CCC2O3)cc1O. The monoisotopic (exact) mass is 316 g/mol. The summed E-state index contributed by atoms with van der Waals surface area (Å²) in [5, 5.41) is 50.3. The van der Waals surface area contributed by atoms with Gasteiger partial charge in [-0.2, -0.15) is 0 Å². The standard InChI is InChI=1S/C17H16O6/c18-11-2-1-8(5-12(11)19)17(22)10-7-14(21)13(20)6-9(10)15-3-4-16(17)23-15/h1-2,5-7,15-16,18-22H,3-4H2. The first-order valence-electron chi connectivity index (χ1n) is 7.38. The van der Waals surface area contributed by atoms with Gasteiger partial charge in [0.1, 0.15) is 5.60 Å². The summed E-state index contributed by atoms with van der Waals surface area (Å²) in [4.78, 5) is 0. The first-order valence-corrected chi connectivity index (χ1v) is 7.38. The van der Waals surface area contributed by atoms with Crippen LogP contribution in [-0.2, 0) is 10.3 Å². The van der Waals surface area contributed by atoms with Crippen molar-refractivity contribution in [3.63, 3.8) is 0 Å². The number of hydrogen-bond donors (Lipinski definition) is 5. The minimum absolute atomic E-state index is 0.243. The molecule has 2 bridgehead atoms. The molecule has 0 saturated carbocycles. The number of fused-ring (bicyclic) bond motifs is 4. The Hall–Kier alpha value is -2.44. The Morgan fingerprint density at radius 3 is 2.30 bits per heavy atom. The van der Waals surface area contributed by atoms with Crippen molar-refractivity contribution in [2.75, 3.05) is 0 Å². The van der Waals surface area contributed by atoms with Crippen LogP contribution in [0.4, 0.5) is 0 Å². The van der Waals surface area contributed by atoms with Gasteiger partial charge >= 0.3 is 0 Å². The first-order chi connectivity index (χ1) is 10.9. The lowest BCUT2D eigenvalue weighted by molar-refractivity contribution is -0.102. The minimum atomic E-state index is -1.58. The largest absolute Gasteiger partial charge is 0.504 e. The maximum Gasteiger partial charge on any atom is 0.157 e. The van der Waals surface area contributed by atoms with E-state index < -0.39 is 11.7 Å². The topological polar surface area (TPSA) is 110 Å². The molecule has 5 N–H and O–H groups in total. The highest BCUT2D eigenvalue weighted by Crippen LogP contribution is 2.54. The van der Waals surface area contributed by atoms with Gasteiger partial charge in [0.15, 0.2) is 23.0 Å². The number of rotatable bonds is 1. The Kier molecular flexibility index (Phi) is 2.79. The Morgan fingerprint density at radius 1 is 0.870 bits per heavy atom. The highest BCUT2D eigenvalue weighted by molar-refractivity contribution is 5.55. The van der Waals surface area contributed by atoms with Crippen LogP contribution < -0.4 is 0 Å². The molecule has 3 atom stereocenters. The fourth-order valence-electron chi connectivity index (χ4n) is 3.64. The molecule has 6 heteroatoms. The third kappa shape index (κ3) is 1.82. The smallest absolute Gasteiger partial charge is 0.157 e. The summed E-state index contributed by atoms with van der Waals surface area (Å²) in [6, 6.07) is 6.82. The van der Waals surface area contributed by atoms with Crippen molar-refractivity contribution in [2.24, 2.45) is 0 Å². The second kappa shape index (κ2) is 4.53. The number of phenols is 4. The molecule has 1 saturated heterocycles. The van der Waals surface area contributed by atoms with Crippen LogP contribution >= 0.6 is 0 Å². The maximum atomic E-state index is 11.4. The normalized spacial score (nSPS) is 28.6. The molecule has 0 radical (unpaired) electrons. The summed E-state index contributed by atoms with van der Waals surface area (Å²) in [5.74, 6) is -1.23. The lowest BCUT2D eigenvalue weighted by atomic mass is 9.78. The molecule has 2 aromatic rings. The quantitative estimate of drug-likeness (QED) is 0.515. The lowest BCUT2D eigenvalue weighted by Crippen LogP contribution is -2.43. The molecule has 2 aromatic carbocycles. The molecular weight excluding hydrogens is 300 g/mol. The van der Waals surface area contributed by atoms with Crippen molar-refractivity contribution < 1.29 is 30.3 Å². The number of benzene rings is 2. The maximum absolute atomic E-state index is 11.4. The van der Waals surface area contributed by atoms with Crippen LogP contribution in [0.5, 0.6) is 23.0 Å². The van der Waals surface area contributed by atoms with E-state index in [0.29, 0.717) is 29.5 Å².